The second kappa shape index (κ2) is 5.34. The first-order valence-electron chi connectivity index (χ1n) is 5.62. The highest BCUT2D eigenvalue weighted by atomic mass is 35.5. The summed E-state index contributed by atoms with van der Waals surface area (Å²) >= 11 is 7.89. The van der Waals surface area contributed by atoms with Crippen molar-refractivity contribution in [2.75, 3.05) is 7.11 Å². The minimum absolute atomic E-state index is 0.259. The van der Waals surface area contributed by atoms with Gasteiger partial charge in [0, 0.05) is 7.11 Å². The van der Waals surface area contributed by atoms with Gasteiger partial charge in [-0.15, -0.1) is 21.8 Å². The van der Waals surface area contributed by atoms with Crippen LogP contribution in [-0.4, -0.2) is 17.3 Å². The third-order valence-corrected chi connectivity index (χ3v) is 4.66. The number of halogens is 1. The summed E-state index contributed by atoms with van der Waals surface area (Å²) in [6.07, 6.45) is 0. The molecule has 0 fully saturated rings. The van der Waals surface area contributed by atoms with E-state index in [0.29, 0.717) is 0 Å². The molecule has 0 spiro atoms. The van der Waals surface area contributed by atoms with Crippen LogP contribution >= 0.6 is 22.9 Å². The molecule has 0 radical (unpaired) electrons. The van der Waals surface area contributed by atoms with Crippen LogP contribution in [0.4, 0.5) is 0 Å². The molecule has 0 saturated carbocycles. The molecule has 1 heterocycles. The maximum atomic E-state index is 6.41. The number of alkyl halides is 1. The number of hydrogen-bond acceptors (Lipinski definition) is 4. The van der Waals surface area contributed by atoms with E-state index < -0.39 is 5.60 Å². The Kier molecular flexibility index (Phi) is 4.00. The van der Waals surface area contributed by atoms with Crippen molar-refractivity contribution >= 4 is 22.9 Å². The van der Waals surface area contributed by atoms with Crippen LogP contribution in [-0.2, 0) is 10.3 Å². The number of hydrogen-bond donors (Lipinski definition) is 0. The first-order chi connectivity index (χ1) is 8.54. The summed E-state index contributed by atoms with van der Waals surface area (Å²) < 4.78 is 5.39. The Bertz CT molecular complexity index is 513. The summed E-state index contributed by atoms with van der Waals surface area (Å²) in [5.41, 5.74) is 0.598. The molecule has 0 bridgehead atoms. The van der Waals surface area contributed by atoms with Crippen LogP contribution in [0.2, 0.25) is 0 Å². The number of ether oxygens (including phenoxy) is 1. The van der Waals surface area contributed by atoms with Crippen molar-refractivity contribution in [2.24, 2.45) is 0 Å². The van der Waals surface area contributed by atoms with Gasteiger partial charge >= 0.3 is 0 Å². The van der Waals surface area contributed by atoms with E-state index in [9.17, 15) is 0 Å². The summed E-state index contributed by atoms with van der Waals surface area (Å²) in [5, 5.41) is 9.70. The Morgan fingerprint density at radius 2 is 1.89 bits per heavy atom. The second-order valence-corrected chi connectivity index (χ2v) is 5.88. The van der Waals surface area contributed by atoms with E-state index in [4.69, 9.17) is 16.3 Å². The first-order valence-corrected chi connectivity index (χ1v) is 6.88. The lowest BCUT2D eigenvalue weighted by Crippen LogP contribution is -2.18. The Hall–Kier alpha value is -0.970. The predicted molar refractivity (Wildman–Crippen MR) is 74.1 cm³/mol. The zero-order valence-electron chi connectivity index (χ0n) is 10.6. The van der Waals surface area contributed by atoms with Gasteiger partial charge < -0.3 is 4.74 Å². The molecule has 2 aromatic rings. The lowest BCUT2D eigenvalue weighted by molar-refractivity contribution is 0.0185. The van der Waals surface area contributed by atoms with E-state index >= 15 is 0 Å². The number of nitrogens with zero attached hydrogens (tertiary/aromatic N) is 2. The van der Waals surface area contributed by atoms with Crippen molar-refractivity contribution in [1.82, 2.24) is 10.2 Å². The van der Waals surface area contributed by atoms with Gasteiger partial charge in [0.15, 0.2) is 0 Å². The molecule has 5 heteroatoms. The highest BCUT2D eigenvalue weighted by Gasteiger charge is 2.26. The van der Waals surface area contributed by atoms with Gasteiger partial charge in [0.05, 0.1) is 0 Å². The van der Waals surface area contributed by atoms with Crippen LogP contribution in [0.15, 0.2) is 30.3 Å². The van der Waals surface area contributed by atoms with Gasteiger partial charge in [0.2, 0.25) is 0 Å². The van der Waals surface area contributed by atoms with Crippen molar-refractivity contribution in [1.29, 1.82) is 0 Å². The molecule has 0 saturated heterocycles. The summed E-state index contributed by atoms with van der Waals surface area (Å²) in [6, 6.07) is 9.87. The number of methoxy groups -OCH3 is 1. The van der Waals surface area contributed by atoms with E-state index in [1.54, 1.807) is 7.11 Å². The zero-order valence-corrected chi connectivity index (χ0v) is 12.1. The fourth-order valence-electron chi connectivity index (χ4n) is 1.43. The number of aromatic nitrogens is 2. The molecule has 0 aliphatic heterocycles. The fraction of sp³-hybridized carbons (Fsp3) is 0.385. The largest absolute Gasteiger partial charge is 0.372 e. The predicted octanol–water partition coefficient (Wildman–Crippen LogP) is 3.75. The minimum atomic E-state index is -0.427. The number of benzene rings is 1. The van der Waals surface area contributed by atoms with Crippen molar-refractivity contribution in [3.63, 3.8) is 0 Å². The lowest BCUT2D eigenvalue weighted by atomic mass is 10.1. The van der Waals surface area contributed by atoms with Gasteiger partial charge in [-0.1, -0.05) is 41.7 Å². The molecule has 2 rings (SSSR count). The van der Waals surface area contributed by atoms with Gasteiger partial charge in [-0.2, -0.15) is 0 Å². The fourth-order valence-corrected chi connectivity index (χ4v) is 2.69. The van der Waals surface area contributed by atoms with Crippen LogP contribution in [0, 0.1) is 0 Å². The highest BCUT2D eigenvalue weighted by Crippen LogP contribution is 2.34. The molecular weight excluding hydrogens is 268 g/mol. The Morgan fingerprint density at radius 1 is 1.22 bits per heavy atom. The van der Waals surface area contributed by atoms with Crippen molar-refractivity contribution in [3.05, 3.63) is 45.9 Å². The van der Waals surface area contributed by atoms with Crippen LogP contribution < -0.4 is 0 Å². The average Bonchev–Trinajstić information content (AvgIpc) is 2.89. The summed E-state index contributed by atoms with van der Waals surface area (Å²) in [6.45, 7) is 3.92. The van der Waals surface area contributed by atoms with E-state index in [0.717, 1.165) is 15.6 Å². The first kappa shape index (κ1) is 13.5. The van der Waals surface area contributed by atoms with Crippen molar-refractivity contribution in [2.45, 2.75) is 24.8 Å². The third kappa shape index (κ3) is 2.71. The molecule has 96 valence electrons. The molecule has 1 unspecified atom stereocenters. The monoisotopic (exact) mass is 282 g/mol. The SMILES string of the molecule is COC(C)(C)c1nnc(C(Cl)c2ccccc2)s1. The minimum Gasteiger partial charge on any atom is -0.372 e. The molecule has 1 aromatic heterocycles. The van der Waals surface area contributed by atoms with E-state index in [-0.39, 0.29) is 5.38 Å². The molecular formula is C13H15ClN2OS. The van der Waals surface area contributed by atoms with E-state index in [1.807, 2.05) is 44.2 Å². The molecule has 1 atom stereocenters. The van der Waals surface area contributed by atoms with Gasteiger partial charge in [0.25, 0.3) is 0 Å². The topological polar surface area (TPSA) is 35.0 Å². The molecule has 1 aromatic carbocycles. The quantitative estimate of drug-likeness (QED) is 0.801. The van der Waals surface area contributed by atoms with Gasteiger partial charge in [0.1, 0.15) is 21.0 Å². The van der Waals surface area contributed by atoms with Crippen LogP contribution in [0.25, 0.3) is 0 Å². The molecule has 0 aliphatic rings. The van der Waals surface area contributed by atoms with Crippen LogP contribution in [0.3, 0.4) is 0 Å². The van der Waals surface area contributed by atoms with Crippen LogP contribution in [0.5, 0.6) is 0 Å². The van der Waals surface area contributed by atoms with E-state index in [1.165, 1.54) is 11.3 Å². The lowest BCUT2D eigenvalue weighted by Gasteiger charge is -2.18. The Labute approximate surface area is 116 Å². The molecule has 0 amide bonds. The number of rotatable bonds is 4. The maximum absolute atomic E-state index is 6.41. The summed E-state index contributed by atoms with van der Waals surface area (Å²) in [5.74, 6) is 0. The third-order valence-electron chi connectivity index (χ3n) is 2.78. The standard InChI is InChI=1S/C13H15ClN2OS/c1-13(2,17-3)12-16-15-11(18-12)10(14)9-7-5-4-6-8-9/h4-8,10H,1-3H3. The summed E-state index contributed by atoms with van der Waals surface area (Å²) in [7, 11) is 1.66. The van der Waals surface area contributed by atoms with Crippen LogP contribution in [0.1, 0.15) is 34.8 Å². The molecule has 0 N–H and O–H groups in total. The molecule has 18 heavy (non-hydrogen) atoms. The van der Waals surface area contributed by atoms with Crippen molar-refractivity contribution < 1.29 is 4.74 Å². The Morgan fingerprint density at radius 3 is 2.50 bits per heavy atom. The average molecular weight is 283 g/mol. The molecule has 3 nitrogen and oxygen atoms in total. The van der Waals surface area contributed by atoms with Gasteiger partial charge in [-0.05, 0) is 19.4 Å². The zero-order chi connectivity index (χ0) is 13.2. The van der Waals surface area contributed by atoms with Gasteiger partial charge in [-0.25, -0.2) is 0 Å². The molecule has 0 aliphatic carbocycles. The summed E-state index contributed by atoms with van der Waals surface area (Å²) in [4.78, 5) is 0. The van der Waals surface area contributed by atoms with Gasteiger partial charge in [-0.3, -0.25) is 0 Å². The smallest absolute Gasteiger partial charge is 0.148 e. The van der Waals surface area contributed by atoms with Crippen molar-refractivity contribution in [3.8, 4) is 0 Å². The highest BCUT2D eigenvalue weighted by molar-refractivity contribution is 7.11. The Balaban J connectivity index is 2.26. The normalized spacial score (nSPS) is 13.6. The van der Waals surface area contributed by atoms with E-state index in [2.05, 4.69) is 10.2 Å². The maximum Gasteiger partial charge on any atom is 0.148 e. The second-order valence-electron chi connectivity index (χ2n) is 4.43.